The average Bonchev–Trinajstić information content (AvgIpc) is 2.35. The molecule has 2 nitrogen and oxygen atoms in total. The van der Waals surface area contributed by atoms with Crippen LogP contribution in [0.25, 0.3) is 0 Å². The topological polar surface area (TPSA) is 18.5 Å². The van der Waals surface area contributed by atoms with Crippen molar-refractivity contribution in [3.05, 3.63) is 54.1 Å². The summed E-state index contributed by atoms with van der Waals surface area (Å²) < 4.78 is 36.6. The number of halogens is 2. The van der Waals surface area contributed by atoms with Crippen molar-refractivity contribution in [2.75, 3.05) is 6.61 Å². The highest BCUT2D eigenvalue weighted by molar-refractivity contribution is 5.36. The summed E-state index contributed by atoms with van der Waals surface area (Å²) in [6.07, 6.45) is 0. The molecule has 2 aromatic carbocycles. The number of rotatable bonds is 4. The molecule has 4 heteroatoms. The van der Waals surface area contributed by atoms with Gasteiger partial charge in [-0.05, 0) is 43.3 Å². The number of hydrogen-bond acceptors (Lipinski definition) is 2. The Bertz CT molecular complexity index is 524. The highest BCUT2D eigenvalue weighted by Crippen LogP contribution is 2.26. The van der Waals surface area contributed by atoms with E-state index in [0.29, 0.717) is 18.1 Å². The van der Waals surface area contributed by atoms with Crippen LogP contribution in [0.3, 0.4) is 0 Å². The van der Waals surface area contributed by atoms with Crippen LogP contribution in [0.4, 0.5) is 8.78 Å². The molecule has 0 N–H and O–H groups in total. The second kappa shape index (κ2) is 5.49. The summed E-state index contributed by atoms with van der Waals surface area (Å²) in [6, 6.07) is 9.94. The molecule has 0 radical (unpaired) electrons. The van der Waals surface area contributed by atoms with Crippen molar-refractivity contribution in [3.8, 4) is 17.2 Å². The fourth-order valence-electron chi connectivity index (χ4n) is 1.46. The van der Waals surface area contributed by atoms with E-state index in [4.69, 9.17) is 9.47 Å². The lowest BCUT2D eigenvalue weighted by Gasteiger charge is -2.08. The summed E-state index contributed by atoms with van der Waals surface area (Å²) in [5, 5.41) is 0. The van der Waals surface area contributed by atoms with Crippen LogP contribution >= 0.6 is 0 Å². The fraction of sp³-hybridized carbons (Fsp3) is 0.143. The van der Waals surface area contributed by atoms with Crippen molar-refractivity contribution in [1.29, 1.82) is 0 Å². The molecule has 0 unspecified atom stereocenters. The molecule has 94 valence electrons. The molecule has 0 spiro atoms. The van der Waals surface area contributed by atoms with Gasteiger partial charge in [0, 0.05) is 6.07 Å². The van der Waals surface area contributed by atoms with Crippen LogP contribution in [0, 0.1) is 11.6 Å². The van der Waals surface area contributed by atoms with Crippen LogP contribution in [0.1, 0.15) is 6.92 Å². The highest BCUT2D eigenvalue weighted by atomic mass is 19.1. The van der Waals surface area contributed by atoms with Gasteiger partial charge in [-0.25, -0.2) is 8.78 Å². The maximum Gasteiger partial charge on any atom is 0.168 e. The Morgan fingerprint density at radius 3 is 2.22 bits per heavy atom. The van der Waals surface area contributed by atoms with Crippen LogP contribution < -0.4 is 9.47 Å². The molecule has 18 heavy (non-hydrogen) atoms. The van der Waals surface area contributed by atoms with Gasteiger partial charge in [0.25, 0.3) is 0 Å². The molecule has 0 fully saturated rings. The highest BCUT2D eigenvalue weighted by Gasteiger charge is 2.06. The number of hydrogen-bond donors (Lipinski definition) is 0. The zero-order valence-corrected chi connectivity index (χ0v) is 9.82. The van der Waals surface area contributed by atoms with Crippen molar-refractivity contribution in [3.63, 3.8) is 0 Å². The van der Waals surface area contributed by atoms with Crippen LogP contribution in [0.15, 0.2) is 42.5 Å². The molecule has 0 aliphatic heterocycles. The van der Waals surface area contributed by atoms with Gasteiger partial charge < -0.3 is 9.47 Å². The minimum Gasteiger partial charge on any atom is -0.494 e. The third-order valence-electron chi connectivity index (χ3n) is 2.26. The molecular formula is C14H12F2O2. The predicted molar refractivity (Wildman–Crippen MR) is 64.0 cm³/mol. The Kier molecular flexibility index (Phi) is 3.77. The van der Waals surface area contributed by atoms with Gasteiger partial charge >= 0.3 is 0 Å². The third kappa shape index (κ3) is 2.97. The number of benzene rings is 2. The van der Waals surface area contributed by atoms with E-state index in [1.54, 1.807) is 24.3 Å². The SMILES string of the molecule is CCOc1ccc(Oc2ccc(F)cc2F)cc1. The van der Waals surface area contributed by atoms with E-state index in [1.165, 1.54) is 6.07 Å². The molecule has 0 bridgehead atoms. The molecule has 0 saturated heterocycles. The smallest absolute Gasteiger partial charge is 0.168 e. The standard InChI is InChI=1S/C14H12F2O2/c1-2-17-11-4-6-12(7-5-11)18-14-8-3-10(15)9-13(14)16/h3-9H,2H2,1H3. The van der Waals surface area contributed by atoms with Crippen LogP contribution in [-0.2, 0) is 0 Å². The summed E-state index contributed by atoms with van der Waals surface area (Å²) in [5.41, 5.74) is 0. The largest absolute Gasteiger partial charge is 0.494 e. The van der Waals surface area contributed by atoms with Crippen LogP contribution in [0.5, 0.6) is 17.2 Å². The van der Waals surface area contributed by atoms with Gasteiger partial charge in [-0.3, -0.25) is 0 Å². The van der Waals surface area contributed by atoms with Gasteiger partial charge in [-0.2, -0.15) is 0 Å². The first-order valence-corrected chi connectivity index (χ1v) is 5.55. The van der Waals surface area contributed by atoms with Crippen molar-refractivity contribution in [2.45, 2.75) is 6.92 Å². The van der Waals surface area contributed by atoms with Gasteiger partial charge in [0.15, 0.2) is 11.6 Å². The number of ether oxygens (including phenoxy) is 2. The summed E-state index contributed by atoms with van der Waals surface area (Å²) in [4.78, 5) is 0. The maximum atomic E-state index is 13.3. The molecule has 0 aliphatic carbocycles. The first kappa shape index (κ1) is 12.4. The molecule has 0 atom stereocenters. The molecular weight excluding hydrogens is 238 g/mol. The fourth-order valence-corrected chi connectivity index (χ4v) is 1.46. The Morgan fingerprint density at radius 2 is 1.61 bits per heavy atom. The van der Waals surface area contributed by atoms with Crippen molar-refractivity contribution >= 4 is 0 Å². The summed E-state index contributed by atoms with van der Waals surface area (Å²) in [7, 11) is 0. The van der Waals surface area contributed by atoms with E-state index in [-0.39, 0.29) is 5.75 Å². The normalized spacial score (nSPS) is 10.2. The van der Waals surface area contributed by atoms with Crippen molar-refractivity contribution < 1.29 is 18.3 Å². The molecule has 2 rings (SSSR count). The van der Waals surface area contributed by atoms with Crippen LogP contribution in [0.2, 0.25) is 0 Å². The summed E-state index contributed by atoms with van der Waals surface area (Å²) >= 11 is 0. The van der Waals surface area contributed by atoms with Gasteiger partial charge in [-0.15, -0.1) is 0 Å². The van der Waals surface area contributed by atoms with E-state index in [9.17, 15) is 8.78 Å². The van der Waals surface area contributed by atoms with Gasteiger partial charge in [0.1, 0.15) is 17.3 Å². The Balaban J connectivity index is 2.13. The maximum absolute atomic E-state index is 13.3. The molecule has 0 aromatic heterocycles. The Labute approximate surface area is 104 Å². The van der Waals surface area contributed by atoms with Gasteiger partial charge in [0.2, 0.25) is 0 Å². The second-order valence-electron chi connectivity index (χ2n) is 3.58. The Hall–Kier alpha value is -2.10. The monoisotopic (exact) mass is 250 g/mol. The first-order valence-electron chi connectivity index (χ1n) is 5.55. The molecule has 0 heterocycles. The lowest BCUT2D eigenvalue weighted by atomic mass is 10.3. The van der Waals surface area contributed by atoms with E-state index < -0.39 is 11.6 Å². The molecule has 0 aliphatic rings. The zero-order chi connectivity index (χ0) is 13.0. The quantitative estimate of drug-likeness (QED) is 0.811. The lowest BCUT2D eigenvalue weighted by molar-refractivity contribution is 0.339. The Morgan fingerprint density at radius 1 is 0.944 bits per heavy atom. The second-order valence-corrected chi connectivity index (χ2v) is 3.58. The summed E-state index contributed by atoms with van der Waals surface area (Å²) in [6.45, 7) is 2.46. The predicted octanol–water partition coefficient (Wildman–Crippen LogP) is 4.16. The van der Waals surface area contributed by atoms with E-state index in [0.717, 1.165) is 12.1 Å². The van der Waals surface area contributed by atoms with Gasteiger partial charge in [-0.1, -0.05) is 0 Å². The zero-order valence-electron chi connectivity index (χ0n) is 9.82. The first-order chi connectivity index (χ1) is 8.69. The van der Waals surface area contributed by atoms with Crippen LogP contribution in [-0.4, -0.2) is 6.61 Å². The molecule has 0 saturated carbocycles. The van der Waals surface area contributed by atoms with Gasteiger partial charge in [0.05, 0.1) is 6.61 Å². The van der Waals surface area contributed by atoms with E-state index >= 15 is 0 Å². The molecule has 2 aromatic rings. The summed E-state index contributed by atoms with van der Waals surface area (Å²) in [5.74, 6) is -0.204. The van der Waals surface area contributed by atoms with Crippen molar-refractivity contribution in [1.82, 2.24) is 0 Å². The minimum absolute atomic E-state index is 0.0134. The average molecular weight is 250 g/mol. The third-order valence-corrected chi connectivity index (χ3v) is 2.26. The minimum atomic E-state index is -0.733. The van der Waals surface area contributed by atoms with Crippen molar-refractivity contribution in [2.24, 2.45) is 0 Å². The lowest BCUT2D eigenvalue weighted by Crippen LogP contribution is -1.92. The van der Waals surface area contributed by atoms with E-state index in [2.05, 4.69) is 0 Å². The molecule has 0 amide bonds. The van der Waals surface area contributed by atoms with E-state index in [1.807, 2.05) is 6.92 Å².